The van der Waals surface area contributed by atoms with Gasteiger partial charge in [-0.15, -0.1) is 11.8 Å². The fourth-order valence-corrected chi connectivity index (χ4v) is 2.17. The molecule has 0 heterocycles. The molecule has 2 aromatic rings. The highest BCUT2D eigenvalue weighted by atomic mass is 32.2. The van der Waals surface area contributed by atoms with Crippen LogP contribution in [0.15, 0.2) is 59.5 Å². The van der Waals surface area contributed by atoms with E-state index in [0.29, 0.717) is 0 Å². The lowest BCUT2D eigenvalue weighted by Crippen LogP contribution is -1.85. The van der Waals surface area contributed by atoms with Gasteiger partial charge in [0.05, 0.1) is 0 Å². The Balaban J connectivity index is 1.96. The largest absolute Gasteiger partial charge is 0.399 e. The van der Waals surface area contributed by atoms with Crippen molar-refractivity contribution in [3.05, 3.63) is 60.2 Å². The van der Waals surface area contributed by atoms with E-state index in [9.17, 15) is 0 Å². The van der Waals surface area contributed by atoms with E-state index in [-0.39, 0.29) is 0 Å². The molecule has 0 aliphatic rings. The SMILES string of the molecule is Nc1ccc(CSc2ccccc2)cc1. The zero-order chi connectivity index (χ0) is 10.5. The van der Waals surface area contributed by atoms with E-state index in [2.05, 4.69) is 36.4 Å². The average molecular weight is 215 g/mol. The van der Waals surface area contributed by atoms with Crippen LogP contribution in [-0.4, -0.2) is 0 Å². The maximum absolute atomic E-state index is 5.63. The molecular weight excluding hydrogens is 202 g/mol. The van der Waals surface area contributed by atoms with Crippen molar-refractivity contribution < 1.29 is 0 Å². The summed E-state index contributed by atoms with van der Waals surface area (Å²) >= 11 is 1.84. The summed E-state index contributed by atoms with van der Waals surface area (Å²) in [6.07, 6.45) is 0. The summed E-state index contributed by atoms with van der Waals surface area (Å²) in [7, 11) is 0. The van der Waals surface area contributed by atoms with Gasteiger partial charge >= 0.3 is 0 Å². The molecule has 0 unspecified atom stereocenters. The monoisotopic (exact) mass is 215 g/mol. The third-order valence-corrected chi connectivity index (χ3v) is 3.21. The predicted molar refractivity (Wildman–Crippen MR) is 66.9 cm³/mol. The van der Waals surface area contributed by atoms with Crippen LogP contribution in [0.5, 0.6) is 0 Å². The molecule has 0 saturated heterocycles. The lowest BCUT2D eigenvalue weighted by atomic mass is 10.2. The van der Waals surface area contributed by atoms with Crippen molar-refractivity contribution >= 4 is 17.4 Å². The Kier molecular flexibility index (Phi) is 3.30. The van der Waals surface area contributed by atoms with Crippen LogP contribution in [0.1, 0.15) is 5.56 Å². The van der Waals surface area contributed by atoms with E-state index in [4.69, 9.17) is 5.73 Å². The van der Waals surface area contributed by atoms with Crippen molar-refractivity contribution in [3.63, 3.8) is 0 Å². The number of anilines is 1. The molecule has 0 fully saturated rings. The molecule has 0 bridgehead atoms. The van der Waals surface area contributed by atoms with Gasteiger partial charge in [-0.1, -0.05) is 30.3 Å². The molecule has 0 aromatic heterocycles. The molecule has 0 amide bonds. The summed E-state index contributed by atoms with van der Waals surface area (Å²) in [6, 6.07) is 18.5. The standard InChI is InChI=1S/C13H13NS/c14-12-8-6-11(7-9-12)10-15-13-4-2-1-3-5-13/h1-9H,10,14H2. The second kappa shape index (κ2) is 4.89. The van der Waals surface area contributed by atoms with Crippen molar-refractivity contribution in [3.8, 4) is 0 Å². The number of hydrogen-bond acceptors (Lipinski definition) is 2. The normalized spacial score (nSPS) is 10.1. The van der Waals surface area contributed by atoms with Gasteiger partial charge in [0.1, 0.15) is 0 Å². The molecule has 76 valence electrons. The molecule has 2 N–H and O–H groups in total. The van der Waals surface area contributed by atoms with E-state index < -0.39 is 0 Å². The van der Waals surface area contributed by atoms with Gasteiger partial charge in [-0.2, -0.15) is 0 Å². The molecule has 0 radical (unpaired) electrons. The molecule has 2 rings (SSSR count). The Hall–Kier alpha value is -1.41. The number of hydrogen-bond donors (Lipinski definition) is 1. The Morgan fingerprint density at radius 3 is 2.20 bits per heavy atom. The van der Waals surface area contributed by atoms with Crippen LogP contribution in [0.3, 0.4) is 0 Å². The van der Waals surface area contributed by atoms with Crippen molar-refractivity contribution in [1.29, 1.82) is 0 Å². The first kappa shape index (κ1) is 10.1. The molecule has 15 heavy (non-hydrogen) atoms. The molecule has 1 nitrogen and oxygen atoms in total. The minimum Gasteiger partial charge on any atom is -0.399 e. The van der Waals surface area contributed by atoms with Crippen LogP contribution >= 0.6 is 11.8 Å². The van der Waals surface area contributed by atoms with Gasteiger partial charge in [-0.25, -0.2) is 0 Å². The third-order valence-electron chi connectivity index (χ3n) is 2.13. The highest BCUT2D eigenvalue weighted by Crippen LogP contribution is 2.22. The van der Waals surface area contributed by atoms with E-state index >= 15 is 0 Å². The minimum absolute atomic E-state index is 0.823. The maximum Gasteiger partial charge on any atom is 0.0314 e. The molecular formula is C13H13NS. The summed E-state index contributed by atoms with van der Waals surface area (Å²) in [6.45, 7) is 0. The van der Waals surface area contributed by atoms with E-state index in [1.165, 1.54) is 10.5 Å². The number of rotatable bonds is 3. The van der Waals surface area contributed by atoms with Gasteiger partial charge in [0.15, 0.2) is 0 Å². The first-order valence-corrected chi connectivity index (χ1v) is 5.85. The molecule has 2 aromatic carbocycles. The summed E-state index contributed by atoms with van der Waals surface area (Å²) in [5.41, 5.74) is 7.75. The van der Waals surface area contributed by atoms with Crippen molar-refractivity contribution in [2.75, 3.05) is 5.73 Å². The summed E-state index contributed by atoms with van der Waals surface area (Å²) in [5.74, 6) is 0.990. The highest BCUT2D eigenvalue weighted by molar-refractivity contribution is 7.98. The topological polar surface area (TPSA) is 26.0 Å². The Morgan fingerprint density at radius 1 is 0.867 bits per heavy atom. The van der Waals surface area contributed by atoms with E-state index in [0.717, 1.165) is 11.4 Å². The zero-order valence-corrected chi connectivity index (χ0v) is 9.21. The van der Waals surface area contributed by atoms with Gasteiger partial charge in [0.2, 0.25) is 0 Å². The minimum atomic E-state index is 0.823. The third kappa shape index (κ3) is 3.03. The van der Waals surface area contributed by atoms with Gasteiger partial charge in [-0.05, 0) is 29.8 Å². The fraction of sp³-hybridized carbons (Fsp3) is 0.0769. The maximum atomic E-state index is 5.63. The van der Waals surface area contributed by atoms with Crippen LogP contribution in [0.25, 0.3) is 0 Å². The Bertz CT molecular complexity index is 408. The second-order valence-electron chi connectivity index (χ2n) is 3.34. The average Bonchev–Trinajstić information content (AvgIpc) is 2.30. The zero-order valence-electron chi connectivity index (χ0n) is 8.39. The van der Waals surface area contributed by atoms with Crippen LogP contribution in [0.4, 0.5) is 5.69 Å². The lowest BCUT2D eigenvalue weighted by molar-refractivity contribution is 1.38. The van der Waals surface area contributed by atoms with E-state index in [1.807, 2.05) is 30.0 Å². The van der Waals surface area contributed by atoms with Crippen LogP contribution in [0, 0.1) is 0 Å². The Labute approximate surface area is 94.3 Å². The molecule has 0 aliphatic heterocycles. The molecule has 0 atom stereocenters. The van der Waals surface area contributed by atoms with Gasteiger partial charge < -0.3 is 5.73 Å². The second-order valence-corrected chi connectivity index (χ2v) is 4.39. The summed E-state index contributed by atoms with van der Waals surface area (Å²) < 4.78 is 0. The molecule has 0 spiro atoms. The van der Waals surface area contributed by atoms with Crippen LogP contribution in [-0.2, 0) is 5.75 Å². The quantitative estimate of drug-likeness (QED) is 0.626. The van der Waals surface area contributed by atoms with Crippen LogP contribution in [0.2, 0.25) is 0 Å². The first-order valence-electron chi connectivity index (χ1n) is 4.87. The van der Waals surface area contributed by atoms with Crippen molar-refractivity contribution in [2.24, 2.45) is 0 Å². The molecule has 0 saturated carbocycles. The van der Waals surface area contributed by atoms with Crippen LogP contribution < -0.4 is 5.73 Å². The lowest BCUT2D eigenvalue weighted by Gasteiger charge is -2.02. The summed E-state index contributed by atoms with van der Waals surface area (Å²) in [5, 5.41) is 0. The van der Waals surface area contributed by atoms with Gasteiger partial charge in [0, 0.05) is 16.3 Å². The van der Waals surface area contributed by atoms with Gasteiger partial charge in [0.25, 0.3) is 0 Å². The number of thioether (sulfide) groups is 1. The summed E-state index contributed by atoms with van der Waals surface area (Å²) in [4.78, 5) is 1.30. The Morgan fingerprint density at radius 2 is 1.53 bits per heavy atom. The van der Waals surface area contributed by atoms with Crippen molar-refractivity contribution in [2.45, 2.75) is 10.6 Å². The number of nitrogens with two attached hydrogens (primary N) is 1. The van der Waals surface area contributed by atoms with Crippen molar-refractivity contribution in [1.82, 2.24) is 0 Å². The first-order chi connectivity index (χ1) is 7.34. The van der Waals surface area contributed by atoms with Gasteiger partial charge in [-0.3, -0.25) is 0 Å². The predicted octanol–water partition coefficient (Wildman–Crippen LogP) is 3.56. The smallest absolute Gasteiger partial charge is 0.0314 e. The number of benzene rings is 2. The molecule has 0 aliphatic carbocycles. The highest BCUT2D eigenvalue weighted by Gasteiger charge is 1.95. The molecule has 2 heteroatoms. The fourth-order valence-electron chi connectivity index (χ4n) is 1.30. The number of nitrogen functional groups attached to an aromatic ring is 1. The van der Waals surface area contributed by atoms with E-state index in [1.54, 1.807) is 0 Å².